The van der Waals surface area contributed by atoms with Crippen LogP contribution in [0.4, 0.5) is 13.2 Å². The van der Waals surface area contributed by atoms with E-state index in [1.165, 1.54) is 10.6 Å². The fourth-order valence-corrected chi connectivity index (χ4v) is 3.94. The molecule has 1 aromatic heterocycles. The quantitative estimate of drug-likeness (QED) is 0.790. The molecular formula is C14H20F3N3. The van der Waals surface area contributed by atoms with Crippen LogP contribution in [0.1, 0.15) is 24.7 Å². The Kier molecular flexibility index (Phi) is 3.14. The van der Waals surface area contributed by atoms with Gasteiger partial charge in [-0.05, 0) is 44.6 Å². The zero-order chi connectivity index (χ0) is 14.5. The zero-order valence-electron chi connectivity index (χ0n) is 11.8. The van der Waals surface area contributed by atoms with E-state index in [0.29, 0.717) is 13.1 Å². The van der Waals surface area contributed by atoms with Crippen LogP contribution in [0.25, 0.3) is 0 Å². The highest BCUT2D eigenvalue weighted by Gasteiger charge is 2.49. The lowest BCUT2D eigenvalue weighted by Crippen LogP contribution is -2.59. The number of nitrogens with one attached hydrogen (secondary N) is 1. The second-order valence-corrected chi connectivity index (χ2v) is 5.95. The topological polar surface area (TPSA) is 20.2 Å². The minimum Gasteiger partial charge on any atom is -0.338 e. The molecule has 2 atom stereocenters. The maximum absolute atomic E-state index is 13.1. The first-order valence-electron chi connectivity index (χ1n) is 7.06. The molecule has 1 fully saturated rings. The summed E-state index contributed by atoms with van der Waals surface area (Å²) in [4.78, 5) is 2.24. The monoisotopic (exact) mass is 287 g/mol. The summed E-state index contributed by atoms with van der Waals surface area (Å²) in [6, 6.07) is 2.92. The first-order chi connectivity index (χ1) is 9.37. The van der Waals surface area contributed by atoms with Gasteiger partial charge in [0.25, 0.3) is 0 Å². The summed E-state index contributed by atoms with van der Waals surface area (Å²) >= 11 is 0. The van der Waals surface area contributed by atoms with Crippen molar-refractivity contribution in [1.82, 2.24) is 14.8 Å². The highest BCUT2D eigenvalue weighted by molar-refractivity contribution is 5.29. The molecule has 112 valence electrons. The molecule has 2 aliphatic rings. The first kappa shape index (κ1) is 13.9. The van der Waals surface area contributed by atoms with Crippen molar-refractivity contribution in [3.8, 4) is 0 Å². The molecule has 3 heterocycles. The van der Waals surface area contributed by atoms with Gasteiger partial charge in [-0.3, -0.25) is 4.90 Å². The van der Waals surface area contributed by atoms with Gasteiger partial charge < -0.3 is 9.88 Å². The molecule has 20 heavy (non-hydrogen) atoms. The predicted octanol–water partition coefficient (Wildman–Crippen LogP) is 2.28. The lowest BCUT2D eigenvalue weighted by atomic mass is 9.74. The molecule has 1 aromatic rings. The Morgan fingerprint density at radius 1 is 1.30 bits per heavy atom. The molecule has 1 N–H and O–H groups in total. The number of rotatable bonds is 0. The van der Waals surface area contributed by atoms with E-state index >= 15 is 0 Å². The van der Waals surface area contributed by atoms with E-state index in [1.54, 1.807) is 6.07 Å². The number of fused-ring (bicyclic) bond motifs is 2. The van der Waals surface area contributed by atoms with Gasteiger partial charge in [0, 0.05) is 18.8 Å². The minimum absolute atomic E-state index is 0.271. The standard InChI is InChI=1S/C14H20F3N3/c1-10-9-18-6-5-13(10)11-3-4-12(14(15,16)17)20(11)8-7-19(13)2/h3-4,10,18H,5-9H2,1-2H3/t10-,13-/m0/s1. The number of aromatic nitrogens is 1. The van der Waals surface area contributed by atoms with Gasteiger partial charge in [-0.25, -0.2) is 0 Å². The molecule has 0 bridgehead atoms. The van der Waals surface area contributed by atoms with Gasteiger partial charge in [0.2, 0.25) is 0 Å². The lowest BCUT2D eigenvalue weighted by Gasteiger charge is -2.52. The summed E-state index contributed by atoms with van der Waals surface area (Å²) in [7, 11) is 2.03. The van der Waals surface area contributed by atoms with E-state index in [1.807, 2.05) is 7.05 Å². The molecule has 1 saturated heterocycles. The molecule has 0 radical (unpaired) electrons. The molecular weight excluding hydrogens is 267 g/mol. The lowest BCUT2D eigenvalue weighted by molar-refractivity contribution is -0.145. The van der Waals surface area contributed by atoms with E-state index in [0.717, 1.165) is 25.2 Å². The van der Waals surface area contributed by atoms with Crippen LogP contribution in [0.3, 0.4) is 0 Å². The summed E-state index contributed by atoms with van der Waals surface area (Å²) in [5, 5.41) is 3.34. The van der Waals surface area contributed by atoms with Crippen LogP contribution < -0.4 is 5.32 Å². The van der Waals surface area contributed by atoms with Gasteiger partial charge in [0.05, 0.1) is 5.54 Å². The molecule has 3 nitrogen and oxygen atoms in total. The van der Waals surface area contributed by atoms with Crippen molar-refractivity contribution in [1.29, 1.82) is 0 Å². The van der Waals surface area contributed by atoms with E-state index in [-0.39, 0.29) is 11.5 Å². The minimum atomic E-state index is -4.27. The van der Waals surface area contributed by atoms with Crippen LogP contribution in [0.2, 0.25) is 0 Å². The molecule has 0 saturated carbocycles. The summed E-state index contributed by atoms with van der Waals surface area (Å²) in [5.41, 5.74) is 0.0470. The van der Waals surface area contributed by atoms with Crippen LogP contribution in [0.5, 0.6) is 0 Å². The molecule has 6 heteroatoms. The van der Waals surface area contributed by atoms with Crippen LogP contribution in [-0.2, 0) is 18.3 Å². The first-order valence-corrected chi connectivity index (χ1v) is 7.06. The Hall–Kier alpha value is -1.01. The third-order valence-electron chi connectivity index (χ3n) is 5.00. The summed E-state index contributed by atoms with van der Waals surface area (Å²) in [5.74, 6) is 0.288. The number of hydrogen-bond donors (Lipinski definition) is 1. The normalized spacial score (nSPS) is 31.6. The van der Waals surface area contributed by atoms with Crippen molar-refractivity contribution in [2.45, 2.75) is 31.6 Å². The van der Waals surface area contributed by atoms with E-state index in [4.69, 9.17) is 0 Å². The zero-order valence-corrected chi connectivity index (χ0v) is 11.8. The number of alkyl halides is 3. The van der Waals surface area contributed by atoms with Gasteiger partial charge in [0.15, 0.2) is 0 Å². The van der Waals surface area contributed by atoms with Gasteiger partial charge in [0.1, 0.15) is 5.69 Å². The highest BCUT2D eigenvalue weighted by Crippen LogP contribution is 2.45. The summed E-state index contributed by atoms with van der Waals surface area (Å²) in [6.07, 6.45) is -3.42. The Morgan fingerprint density at radius 3 is 2.70 bits per heavy atom. The third-order valence-corrected chi connectivity index (χ3v) is 5.00. The molecule has 0 aliphatic carbocycles. The van der Waals surface area contributed by atoms with Crippen molar-refractivity contribution in [2.24, 2.45) is 5.92 Å². The van der Waals surface area contributed by atoms with Crippen molar-refractivity contribution in [2.75, 3.05) is 26.7 Å². The molecule has 0 unspecified atom stereocenters. The number of hydrogen-bond acceptors (Lipinski definition) is 2. The Bertz CT molecular complexity index is 508. The number of halogens is 3. The Labute approximate surface area is 116 Å². The third kappa shape index (κ3) is 1.81. The predicted molar refractivity (Wildman–Crippen MR) is 70.4 cm³/mol. The fraction of sp³-hybridized carbons (Fsp3) is 0.714. The van der Waals surface area contributed by atoms with Crippen LogP contribution in [0.15, 0.2) is 12.1 Å². The van der Waals surface area contributed by atoms with Crippen LogP contribution in [0, 0.1) is 5.92 Å². The SMILES string of the molecule is C[C@H]1CNCC[C@@]12c1ccc(C(F)(F)F)n1CCN2C. The van der Waals surface area contributed by atoms with Crippen molar-refractivity contribution in [3.63, 3.8) is 0 Å². The second kappa shape index (κ2) is 4.49. The molecule has 0 aromatic carbocycles. The molecule has 0 amide bonds. The van der Waals surface area contributed by atoms with Crippen molar-refractivity contribution < 1.29 is 13.2 Å². The van der Waals surface area contributed by atoms with Crippen LogP contribution in [-0.4, -0.2) is 36.1 Å². The van der Waals surface area contributed by atoms with E-state index < -0.39 is 11.9 Å². The molecule has 3 rings (SSSR count). The largest absolute Gasteiger partial charge is 0.431 e. The van der Waals surface area contributed by atoms with Crippen molar-refractivity contribution >= 4 is 0 Å². The highest BCUT2D eigenvalue weighted by atomic mass is 19.4. The fourth-order valence-electron chi connectivity index (χ4n) is 3.94. The molecule has 2 aliphatic heterocycles. The summed E-state index contributed by atoms with van der Waals surface area (Å²) in [6.45, 7) is 4.89. The van der Waals surface area contributed by atoms with Crippen molar-refractivity contribution in [3.05, 3.63) is 23.5 Å². The maximum atomic E-state index is 13.1. The number of piperidine rings is 1. The van der Waals surface area contributed by atoms with Gasteiger partial charge in [-0.2, -0.15) is 13.2 Å². The molecule has 1 spiro atoms. The maximum Gasteiger partial charge on any atom is 0.431 e. The summed E-state index contributed by atoms with van der Waals surface area (Å²) < 4.78 is 40.8. The average Bonchev–Trinajstić information content (AvgIpc) is 2.81. The van der Waals surface area contributed by atoms with Gasteiger partial charge >= 0.3 is 6.18 Å². The average molecular weight is 287 g/mol. The second-order valence-electron chi connectivity index (χ2n) is 5.95. The van der Waals surface area contributed by atoms with Gasteiger partial charge in [-0.15, -0.1) is 0 Å². The number of likely N-dealkylation sites (N-methyl/N-ethyl adjacent to an activating group) is 1. The Balaban J connectivity index is 2.13. The number of nitrogens with zero attached hydrogens (tertiary/aromatic N) is 2. The van der Waals surface area contributed by atoms with Crippen LogP contribution >= 0.6 is 0 Å². The van der Waals surface area contributed by atoms with E-state index in [2.05, 4.69) is 17.1 Å². The Morgan fingerprint density at radius 2 is 2.05 bits per heavy atom. The smallest absolute Gasteiger partial charge is 0.338 e. The van der Waals surface area contributed by atoms with Gasteiger partial charge in [-0.1, -0.05) is 6.92 Å². The van der Waals surface area contributed by atoms with E-state index in [9.17, 15) is 13.2 Å².